The van der Waals surface area contributed by atoms with Crippen molar-refractivity contribution in [3.63, 3.8) is 0 Å². The zero-order valence-electron chi connectivity index (χ0n) is 23.0. The molecule has 4 heteroatoms. The van der Waals surface area contributed by atoms with E-state index in [1.807, 2.05) is 23.5 Å². The average molecular weight is 515 g/mol. The molecule has 0 aliphatic carbocycles. The first-order chi connectivity index (χ1) is 16.7. The van der Waals surface area contributed by atoms with Crippen LogP contribution in [0.3, 0.4) is 0 Å². The van der Waals surface area contributed by atoms with Crippen molar-refractivity contribution in [2.24, 2.45) is 0 Å². The quantitative estimate of drug-likeness (QED) is 0.0589. The molecule has 0 saturated carbocycles. The van der Waals surface area contributed by atoms with Crippen LogP contribution in [-0.4, -0.2) is 35.1 Å². The van der Waals surface area contributed by atoms with Crippen LogP contribution in [0.15, 0.2) is 12.7 Å². The van der Waals surface area contributed by atoms with Crippen LogP contribution >= 0.6 is 23.5 Å². The fourth-order valence-corrected chi connectivity index (χ4v) is 6.34. The van der Waals surface area contributed by atoms with E-state index >= 15 is 0 Å². The summed E-state index contributed by atoms with van der Waals surface area (Å²) in [5.41, 5.74) is 0. The molecular weight excluding hydrogens is 456 g/mol. The molecule has 0 radical (unpaired) electrons. The zero-order valence-corrected chi connectivity index (χ0v) is 24.6. The molecule has 202 valence electrons. The predicted molar refractivity (Wildman–Crippen MR) is 158 cm³/mol. The number of carbonyl (C=O) groups is 1. The average Bonchev–Trinajstić information content (AvgIpc) is 2.84. The summed E-state index contributed by atoms with van der Waals surface area (Å²) in [6.07, 6.45) is 28.9. The number of ether oxygens (including phenoxy) is 1. The molecule has 0 N–H and O–H groups in total. The van der Waals surface area contributed by atoms with Crippen LogP contribution in [0.4, 0.5) is 0 Å². The number of rotatable bonds is 28. The molecule has 0 aliphatic heterocycles. The van der Waals surface area contributed by atoms with Gasteiger partial charge < -0.3 is 4.74 Å². The van der Waals surface area contributed by atoms with E-state index < -0.39 is 0 Å². The van der Waals surface area contributed by atoms with E-state index in [1.165, 1.54) is 146 Å². The Balaban J connectivity index is 3.64. The van der Waals surface area contributed by atoms with E-state index in [-0.39, 0.29) is 12.1 Å². The smallest absolute Gasteiger partial charge is 0.330 e. The molecule has 0 aromatic rings. The normalized spacial score (nSPS) is 11.3. The van der Waals surface area contributed by atoms with Gasteiger partial charge in [0.15, 0.2) is 0 Å². The summed E-state index contributed by atoms with van der Waals surface area (Å²) in [5.74, 6) is 3.93. The van der Waals surface area contributed by atoms with Crippen LogP contribution in [0, 0.1) is 0 Å². The van der Waals surface area contributed by atoms with Crippen molar-refractivity contribution in [2.45, 2.75) is 148 Å². The Morgan fingerprint density at radius 3 is 1.26 bits per heavy atom. The summed E-state index contributed by atoms with van der Waals surface area (Å²) >= 11 is 3.90. The van der Waals surface area contributed by atoms with Gasteiger partial charge in [0.25, 0.3) is 0 Å². The maximum absolute atomic E-state index is 11.7. The van der Waals surface area contributed by atoms with Gasteiger partial charge in [-0.05, 0) is 24.3 Å². The second-order valence-corrected chi connectivity index (χ2v) is 12.1. The lowest BCUT2D eigenvalue weighted by atomic mass is 10.1. The number of carbonyl (C=O) groups excluding carboxylic acids is 1. The monoisotopic (exact) mass is 514 g/mol. The van der Waals surface area contributed by atoms with Gasteiger partial charge >= 0.3 is 5.97 Å². The molecule has 0 heterocycles. The van der Waals surface area contributed by atoms with Crippen molar-refractivity contribution in [2.75, 3.05) is 23.0 Å². The maximum atomic E-state index is 11.7. The highest BCUT2D eigenvalue weighted by Gasteiger charge is 2.13. The highest BCUT2D eigenvalue weighted by Crippen LogP contribution is 2.18. The van der Waals surface area contributed by atoms with Crippen LogP contribution in [0.5, 0.6) is 0 Å². The first-order valence-electron chi connectivity index (χ1n) is 14.7. The van der Waals surface area contributed by atoms with Gasteiger partial charge in [-0.1, -0.05) is 136 Å². The van der Waals surface area contributed by atoms with Crippen LogP contribution in [0.25, 0.3) is 0 Å². The Hall–Kier alpha value is -0.0900. The standard InChI is InChI=1S/C30H58O2S2/c1-4-7-9-11-13-15-17-19-21-23-25-33-27-29(32-30(31)6-3)28-34-26-24-22-20-18-16-14-12-10-8-5-2/h6,29H,3-5,7-28H2,1-2H3. The van der Waals surface area contributed by atoms with Crippen LogP contribution in [-0.2, 0) is 9.53 Å². The van der Waals surface area contributed by atoms with Gasteiger partial charge in [-0.3, -0.25) is 0 Å². The number of esters is 1. The van der Waals surface area contributed by atoms with E-state index in [4.69, 9.17) is 4.74 Å². The Kier molecular flexibility index (Phi) is 29.1. The third-order valence-corrected chi connectivity index (χ3v) is 8.71. The van der Waals surface area contributed by atoms with Crippen molar-refractivity contribution in [3.05, 3.63) is 12.7 Å². The zero-order chi connectivity index (χ0) is 25.0. The fraction of sp³-hybridized carbons (Fsp3) is 0.900. The topological polar surface area (TPSA) is 26.3 Å². The minimum Gasteiger partial charge on any atom is -0.457 e. The van der Waals surface area contributed by atoms with E-state index in [0.717, 1.165) is 11.5 Å². The highest BCUT2D eigenvalue weighted by atomic mass is 32.2. The third kappa shape index (κ3) is 26.5. The summed E-state index contributed by atoms with van der Waals surface area (Å²) in [4.78, 5) is 11.7. The minimum absolute atomic E-state index is 0.0201. The Bertz CT molecular complexity index is 400. The summed E-state index contributed by atoms with van der Waals surface area (Å²) < 4.78 is 5.60. The molecule has 0 aromatic heterocycles. The lowest BCUT2D eigenvalue weighted by Gasteiger charge is -2.16. The number of hydrogen-bond donors (Lipinski definition) is 0. The van der Waals surface area contributed by atoms with E-state index in [9.17, 15) is 4.79 Å². The van der Waals surface area contributed by atoms with Crippen molar-refractivity contribution < 1.29 is 9.53 Å². The number of hydrogen-bond acceptors (Lipinski definition) is 4. The second-order valence-electron chi connectivity index (χ2n) is 9.78. The van der Waals surface area contributed by atoms with Gasteiger partial charge in [0, 0.05) is 17.6 Å². The van der Waals surface area contributed by atoms with Crippen molar-refractivity contribution in [3.8, 4) is 0 Å². The molecule has 0 atom stereocenters. The Morgan fingerprint density at radius 1 is 0.618 bits per heavy atom. The van der Waals surface area contributed by atoms with E-state index in [0.29, 0.717) is 0 Å². The number of unbranched alkanes of at least 4 members (excludes halogenated alkanes) is 18. The van der Waals surface area contributed by atoms with Gasteiger partial charge in [0.1, 0.15) is 6.10 Å². The van der Waals surface area contributed by atoms with Crippen molar-refractivity contribution in [1.29, 1.82) is 0 Å². The van der Waals surface area contributed by atoms with Crippen LogP contribution < -0.4 is 0 Å². The number of thioether (sulfide) groups is 2. The molecule has 0 amide bonds. The Morgan fingerprint density at radius 2 is 0.941 bits per heavy atom. The fourth-order valence-electron chi connectivity index (χ4n) is 4.14. The van der Waals surface area contributed by atoms with Gasteiger partial charge in [0.05, 0.1) is 0 Å². The van der Waals surface area contributed by atoms with Crippen LogP contribution in [0.2, 0.25) is 0 Å². The SMILES string of the molecule is C=CC(=O)OC(CSCCCCCCCCCCCC)CSCCCCCCCCCCCC. The minimum atomic E-state index is -0.274. The largest absolute Gasteiger partial charge is 0.457 e. The van der Waals surface area contributed by atoms with E-state index in [1.54, 1.807) is 0 Å². The van der Waals surface area contributed by atoms with Crippen molar-refractivity contribution >= 4 is 29.5 Å². The molecule has 0 aromatic carbocycles. The predicted octanol–water partition coefficient (Wildman–Crippen LogP) is 10.4. The lowest BCUT2D eigenvalue weighted by Crippen LogP contribution is -2.22. The second kappa shape index (κ2) is 29.1. The molecule has 0 bridgehead atoms. The van der Waals surface area contributed by atoms with Crippen molar-refractivity contribution in [1.82, 2.24) is 0 Å². The summed E-state index contributed by atoms with van der Waals surface area (Å²) in [6, 6.07) is 0. The molecule has 0 spiro atoms. The highest BCUT2D eigenvalue weighted by molar-refractivity contribution is 8.00. The molecule has 2 nitrogen and oxygen atoms in total. The Labute approximate surface area is 222 Å². The first kappa shape index (κ1) is 33.9. The van der Waals surface area contributed by atoms with Gasteiger partial charge in [-0.15, -0.1) is 0 Å². The molecule has 0 fully saturated rings. The van der Waals surface area contributed by atoms with Gasteiger partial charge in [0.2, 0.25) is 0 Å². The summed E-state index contributed by atoms with van der Waals surface area (Å²) in [6.45, 7) is 8.12. The van der Waals surface area contributed by atoms with E-state index in [2.05, 4.69) is 20.4 Å². The third-order valence-electron chi connectivity index (χ3n) is 6.34. The first-order valence-corrected chi connectivity index (χ1v) is 17.0. The van der Waals surface area contributed by atoms with Gasteiger partial charge in [-0.2, -0.15) is 23.5 Å². The molecule has 0 unspecified atom stereocenters. The lowest BCUT2D eigenvalue weighted by molar-refractivity contribution is -0.140. The molecular formula is C30H58O2S2. The molecule has 0 aliphatic rings. The summed E-state index contributed by atoms with van der Waals surface area (Å²) in [7, 11) is 0. The molecule has 34 heavy (non-hydrogen) atoms. The molecule has 0 rings (SSSR count). The summed E-state index contributed by atoms with van der Waals surface area (Å²) in [5, 5.41) is 0. The maximum Gasteiger partial charge on any atom is 0.330 e. The molecule has 0 saturated heterocycles. The van der Waals surface area contributed by atoms with Gasteiger partial charge in [-0.25, -0.2) is 4.79 Å². The van der Waals surface area contributed by atoms with Crippen LogP contribution in [0.1, 0.15) is 142 Å².